The average molecular weight is 351 g/mol. The van der Waals surface area contributed by atoms with Crippen molar-refractivity contribution in [2.75, 3.05) is 0 Å². The van der Waals surface area contributed by atoms with Crippen molar-refractivity contribution in [3.8, 4) is 11.8 Å². The van der Waals surface area contributed by atoms with E-state index >= 15 is 0 Å². The summed E-state index contributed by atoms with van der Waals surface area (Å²) < 4.78 is 40.2. The summed E-state index contributed by atoms with van der Waals surface area (Å²) in [4.78, 5) is 0. The maximum absolute atomic E-state index is 12.1. The molecule has 1 aromatic carbocycles. The van der Waals surface area contributed by atoms with Gasteiger partial charge in [-0.15, -0.1) is 13.2 Å². The molecular weight excluding hydrogens is 327 g/mol. The number of halogens is 3. The van der Waals surface area contributed by atoms with Crippen molar-refractivity contribution < 1.29 is 17.9 Å². The first-order chi connectivity index (χ1) is 12.0. The highest BCUT2D eigenvalue weighted by molar-refractivity contribution is 5.27. The Hall–Kier alpha value is -1.96. The van der Waals surface area contributed by atoms with Crippen LogP contribution in [0.5, 0.6) is 5.75 Å². The predicted octanol–water partition coefficient (Wildman–Crippen LogP) is 6.18. The topological polar surface area (TPSA) is 33.0 Å². The minimum atomic E-state index is -4.63. The first-order valence-electron chi connectivity index (χ1n) is 8.87. The number of unbranched alkanes of at least 4 members (excludes halogenated alkanes) is 1. The van der Waals surface area contributed by atoms with Crippen molar-refractivity contribution in [1.29, 1.82) is 5.26 Å². The highest BCUT2D eigenvalue weighted by atomic mass is 19.4. The Bertz CT molecular complexity index is 578. The summed E-state index contributed by atoms with van der Waals surface area (Å²) in [5.41, 5.74) is 1.04. The molecule has 0 N–H and O–H groups in total. The fraction of sp³-hybridized carbons (Fsp3) is 0.550. The molecule has 0 bridgehead atoms. The molecule has 0 aliphatic heterocycles. The summed E-state index contributed by atoms with van der Waals surface area (Å²) >= 11 is 0. The molecule has 0 radical (unpaired) electrons. The summed E-state index contributed by atoms with van der Waals surface area (Å²) in [6, 6.07) is 8.21. The van der Waals surface area contributed by atoms with Crippen LogP contribution in [0.15, 0.2) is 36.4 Å². The molecule has 1 saturated carbocycles. The van der Waals surface area contributed by atoms with E-state index in [0.29, 0.717) is 5.92 Å². The van der Waals surface area contributed by atoms with Crippen LogP contribution in [0.4, 0.5) is 13.2 Å². The zero-order chi connectivity index (χ0) is 18.1. The molecule has 0 aromatic heterocycles. The van der Waals surface area contributed by atoms with E-state index in [4.69, 9.17) is 5.26 Å². The number of hydrogen-bond donors (Lipinski definition) is 0. The van der Waals surface area contributed by atoms with Gasteiger partial charge in [0.25, 0.3) is 0 Å². The van der Waals surface area contributed by atoms with Crippen LogP contribution >= 0.6 is 0 Å². The fourth-order valence-electron chi connectivity index (χ4n) is 3.47. The van der Waals surface area contributed by atoms with Gasteiger partial charge in [-0.25, -0.2) is 0 Å². The fourth-order valence-corrected chi connectivity index (χ4v) is 3.47. The molecule has 2 rings (SSSR count). The van der Waals surface area contributed by atoms with E-state index in [1.807, 2.05) is 6.08 Å². The molecule has 2 nitrogen and oxygen atoms in total. The maximum Gasteiger partial charge on any atom is 0.573 e. The quantitative estimate of drug-likeness (QED) is 0.434. The lowest BCUT2D eigenvalue weighted by Crippen LogP contribution is -2.17. The third-order valence-electron chi connectivity index (χ3n) is 4.82. The van der Waals surface area contributed by atoms with Gasteiger partial charge in [-0.2, -0.15) is 5.26 Å². The molecule has 136 valence electrons. The number of allylic oxidation sites excluding steroid dienone is 2. The molecule has 0 spiro atoms. The second-order valence-electron chi connectivity index (χ2n) is 6.71. The van der Waals surface area contributed by atoms with Gasteiger partial charge in [0.1, 0.15) is 5.75 Å². The lowest BCUT2D eigenvalue weighted by atomic mass is 9.79. The summed E-state index contributed by atoms with van der Waals surface area (Å²) in [6.45, 7) is 0. The van der Waals surface area contributed by atoms with Crippen LogP contribution in [0.2, 0.25) is 0 Å². The molecule has 0 heterocycles. The minimum absolute atomic E-state index is 0.168. The summed E-state index contributed by atoms with van der Waals surface area (Å²) in [5, 5.41) is 8.56. The van der Waals surface area contributed by atoms with E-state index in [9.17, 15) is 13.2 Å². The van der Waals surface area contributed by atoms with Gasteiger partial charge in [-0.1, -0.05) is 31.1 Å². The van der Waals surface area contributed by atoms with E-state index in [0.717, 1.165) is 30.7 Å². The van der Waals surface area contributed by atoms with E-state index < -0.39 is 6.36 Å². The van der Waals surface area contributed by atoms with Gasteiger partial charge in [0, 0.05) is 6.08 Å². The molecular formula is C20H24F3NO. The zero-order valence-corrected chi connectivity index (χ0v) is 14.3. The number of ether oxygens (including phenoxy) is 1. The van der Waals surface area contributed by atoms with Crippen molar-refractivity contribution in [3.63, 3.8) is 0 Å². The first kappa shape index (κ1) is 19.4. The van der Waals surface area contributed by atoms with Crippen LogP contribution < -0.4 is 4.74 Å². The van der Waals surface area contributed by atoms with Gasteiger partial charge in [0.15, 0.2) is 0 Å². The van der Waals surface area contributed by atoms with Crippen LogP contribution in [0, 0.1) is 23.2 Å². The first-order valence-corrected chi connectivity index (χ1v) is 8.87. The van der Waals surface area contributed by atoms with E-state index in [1.165, 1.54) is 44.2 Å². The van der Waals surface area contributed by atoms with Crippen LogP contribution in [0.1, 0.15) is 50.5 Å². The summed E-state index contributed by atoms with van der Waals surface area (Å²) in [5.74, 6) is 1.17. The van der Waals surface area contributed by atoms with Crippen LogP contribution in [0.3, 0.4) is 0 Å². The van der Waals surface area contributed by atoms with Crippen LogP contribution in [0.25, 0.3) is 0 Å². The van der Waals surface area contributed by atoms with Crippen molar-refractivity contribution in [1.82, 2.24) is 0 Å². The van der Waals surface area contributed by atoms with Gasteiger partial charge in [0.05, 0.1) is 6.07 Å². The van der Waals surface area contributed by atoms with Crippen molar-refractivity contribution in [2.24, 2.45) is 11.8 Å². The number of alkyl halides is 3. The Morgan fingerprint density at radius 2 is 1.76 bits per heavy atom. The second kappa shape index (κ2) is 9.50. The van der Waals surface area contributed by atoms with Gasteiger partial charge in [0.2, 0.25) is 0 Å². The van der Waals surface area contributed by atoms with Crippen LogP contribution in [-0.2, 0) is 6.42 Å². The van der Waals surface area contributed by atoms with Gasteiger partial charge in [-0.3, -0.25) is 0 Å². The molecule has 1 fully saturated rings. The molecule has 1 aliphatic rings. The molecule has 0 unspecified atom stereocenters. The second-order valence-corrected chi connectivity index (χ2v) is 6.71. The maximum atomic E-state index is 12.1. The van der Waals surface area contributed by atoms with E-state index in [2.05, 4.69) is 10.8 Å². The monoisotopic (exact) mass is 351 g/mol. The molecule has 5 heteroatoms. The predicted molar refractivity (Wildman–Crippen MR) is 90.9 cm³/mol. The Morgan fingerprint density at radius 1 is 1.08 bits per heavy atom. The zero-order valence-electron chi connectivity index (χ0n) is 14.3. The SMILES string of the molecule is N#CC=CC1CCC(CCCCc2ccc(OC(F)(F)F)cc2)CC1. The van der Waals surface area contributed by atoms with Gasteiger partial charge >= 0.3 is 6.36 Å². The Balaban J connectivity index is 1.62. The lowest BCUT2D eigenvalue weighted by molar-refractivity contribution is -0.274. The van der Waals surface area contributed by atoms with Gasteiger partial charge < -0.3 is 4.74 Å². The number of benzene rings is 1. The van der Waals surface area contributed by atoms with Crippen molar-refractivity contribution in [2.45, 2.75) is 57.7 Å². The Labute approximate surface area is 147 Å². The third-order valence-corrected chi connectivity index (χ3v) is 4.82. The van der Waals surface area contributed by atoms with E-state index in [1.54, 1.807) is 18.2 Å². The average Bonchev–Trinajstić information content (AvgIpc) is 2.58. The molecule has 1 aliphatic carbocycles. The number of aryl methyl sites for hydroxylation is 1. The molecule has 0 saturated heterocycles. The minimum Gasteiger partial charge on any atom is -0.406 e. The highest BCUT2D eigenvalue weighted by Crippen LogP contribution is 2.32. The number of nitriles is 1. The largest absolute Gasteiger partial charge is 0.573 e. The Kier molecular flexibility index (Phi) is 7.36. The van der Waals surface area contributed by atoms with Gasteiger partial charge in [-0.05, 0) is 68.1 Å². The van der Waals surface area contributed by atoms with E-state index in [-0.39, 0.29) is 5.75 Å². The third kappa shape index (κ3) is 7.64. The summed E-state index contributed by atoms with van der Waals surface area (Å²) in [7, 11) is 0. The van der Waals surface area contributed by atoms with Crippen LogP contribution in [-0.4, -0.2) is 6.36 Å². The summed E-state index contributed by atoms with van der Waals surface area (Å²) in [6.07, 6.45) is 8.07. The standard InChI is InChI=1S/C20H24F3NO/c21-20(22,23)25-19-13-11-17(12-14-19)5-2-1-4-16-7-9-18(10-8-16)6-3-15-24/h3,6,11-14,16,18H,1-2,4-5,7-10H2. The number of rotatable bonds is 7. The smallest absolute Gasteiger partial charge is 0.406 e. The Morgan fingerprint density at radius 3 is 2.36 bits per heavy atom. The molecule has 1 aromatic rings. The number of nitrogens with zero attached hydrogens (tertiary/aromatic N) is 1. The molecule has 0 amide bonds. The van der Waals surface area contributed by atoms with Crippen molar-refractivity contribution in [3.05, 3.63) is 42.0 Å². The lowest BCUT2D eigenvalue weighted by Gasteiger charge is -2.26. The molecule has 25 heavy (non-hydrogen) atoms. The van der Waals surface area contributed by atoms with Crippen molar-refractivity contribution >= 4 is 0 Å². The molecule has 0 atom stereocenters. The normalized spacial score (nSPS) is 21.2. The highest BCUT2D eigenvalue weighted by Gasteiger charge is 2.30. The number of hydrogen-bond acceptors (Lipinski definition) is 2.